The van der Waals surface area contributed by atoms with Gasteiger partial charge in [-0.2, -0.15) is 0 Å². The average molecular weight is 493 g/mol. The van der Waals surface area contributed by atoms with Gasteiger partial charge in [-0.15, -0.1) is 13.0 Å². The van der Waals surface area contributed by atoms with Crippen molar-refractivity contribution in [2.24, 2.45) is 0 Å². The third kappa shape index (κ3) is 4.82. The number of ether oxygens (including phenoxy) is 1. The van der Waals surface area contributed by atoms with E-state index in [2.05, 4.69) is 33.7 Å². The number of hydrogen-bond acceptors (Lipinski definition) is 4. The van der Waals surface area contributed by atoms with E-state index in [1.807, 2.05) is 19.1 Å². The van der Waals surface area contributed by atoms with Crippen molar-refractivity contribution in [1.29, 1.82) is 0 Å². The molecule has 0 spiro atoms. The zero-order valence-corrected chi connectivity index (χ0v) is 19.1. The van der Waals surface area contributed by atoms with Crippen LogP contribution in [0.15, 0.2) is 59.1 Å². The van der Waals surface area contributed by atoms with Crippen molar-refractivity contribution in [2.75, 3.05) is 11.5 Å². The Bertz CT molecular complexity index is 1160. The lowest BCUT2D eigenvalue weighted by atomic mass is 10.0. The monoisotopic (exact) mass is 492 g/mol. The first-order valence-electron chi connectivity index (χ1n) is 9.89. The van der Waals surface area contributed by atoms with Gasteiger partial charge >= 0.3 is 6.03 Å². The summed E-state index contributed by atoms with van der Waals surface area (Å²) in [7, 11) is 0. The molecular weight excluding hydrogens is 472 g/mol. The highest BCUT2D eigenvalue weighted by atomic mass is 79.9. The summed E-state index contributed by atoms with van der Waals surface area (Å²) >= 11 is 3.46. The summed E-state index contributed by atoms with van der Waals surface area (Å²) in [5.41, 5.74) is 2.66. The van der Waals surface area contributed by atoms with Crippen molar-refractivity contribution >= 4 is 45.5 Å². The molecule has 3 rings (SSSR count). The average Bonchev–Trinajstić information content (AvgIpc) is 2.76. The fourth-order valence-corrected chi connectivity index (χ4v) is 3.91. The Labute approximate surface area is 195 Å². The third-order valence-corrected chi connectivity index (χ3v) is 5.41. The molecule has 1 heterocycles. The molecular formula is C25H21BrN2O4. The van der Waals surface area contributed by atoms with E-state index in [9.17, 15) is 14.4 Å². The number of terminal acetylenes is 1. The number of imide groups is 2. The van der Waals surface area contributed by atoms with E-state index in [-0.39, 0.29) is 12.2 Å². The molecule has 1 aliphatic heterocycles. The molecule has 0 aromatic heterocycles. The van der Waals surface area contributed by atoms with E-state index in [1.54, 1.807) is 30.3 Å². The SMILES string of the molecule is C#CCOc1c(Br)cc(/C=C2/C(=O)NC(=O)N(c3ccc(CC)cc3)C2=O)cc1CC=C. The van der Waals surface area contributed by atoms with Gasteiger partial charge in [0.25, 0.3) is 11.8 Å². The highest BCUT2D eigenvalue weighted by molar-refractivity contribution is 9.10. The molecule has 1 saturated heterocycles. The number of rotatable bonds is 7. The van der Waals surface area contributed by atoms with Crippen LogP contribution in [0.1, 0.15) is 23.6 Å². The predicted molar refractivity (Wildman–Crippen MR) is 127 cm³/mol. The number of halogens is 1. The lowest BCUT2D eigenvalue weighted by Crippen LogP contribution is -2.54. The van der Waals surface area contributed by atoms with Crippen LogP contribution in [-0.4, -0.2) is 24.5 Å². The molecule has 0 radical (unpaired) electrons. The zero-order chi connectivity index (χ0) is 23.3. The lowest BCUT2D eigenvalue weighted by molar-refractivity contribution is -0.122. The summed E-state index contributed by atoms with van der Waals surface area (Å²) < 4.78 is 6.23. The van der Waals surface area contributed by atoms with Crippen LogP contribution in [0.5, 0.6) is 5.75 Å². The number of benzene rings is 2. The smallest absolute Gasteiger partial charge is 0.335 e. The Morgan fingerprint density at radius 3 is 2.56 bits per heavy atom. The number of nitrogens with one attached hydrogen (secondary N) is 1. The maximum absolute atomic E-state index is 13.1. The van der Waals surface area contributed by atoms with Gasteiger partial charge < -0.3 is 4.74 Å². The lowest BCUT2D eigenvalue weighted by Gasteiger charge is -2.26. The Morgan fingerprint density at radius 2 is 1.94 bits per heavy atom. The van der Waals surface area contributed by atoms with Gasteiger partial charge in [0, 0.05) is 0 Å². The highest BCUT2D eigenvalue weighted by Gasteiger charge is 2.36. The second-order valence-corrected chi connectivity index (χ2v) is 7.81. The van der Waals surface area contributed by atoms with E-state index >= 15 is 0 Å². The minimum Gasteiger partial charge on any atom is -0.479 e. The maximum atomic E-state index is 13.1. The molecule has 0 bridgehead atoms. The summed E-state index contributed by atoms with van der Waals surface area (Å²) in [6, 6.07) is 9.74. The number of allylic oxidation sites excluding steroid dienone is 1. The van der Waals surface area contributed by atoms with Gasteiger partial charge in [-0.3, -0.25) is 14.9 Å². The third-order valence-electron chi connectivity index (χ3n) is 4.82. The Balaban J connectivity index is 2.01. The highest BCUT2D eigenvalue weighted by Crippen LogP contribution is 2.33. The van der Waals surface area contributed by atoms with Crippen LogP contribution < -0.4 is 15.0 Å². The summed E-state index contributed by atoms with van der Waals surface area (Å²) in [6.07, 6.45) is 9.76. The minimum absolute atomic E-state index is 0.0952. The first kappa shape index (κ1) is 23.0. The molecule has 2 aromatic rings. The van der Waals surface area contributed by atoms with Crippen LogP contribution >= 0.6 is 15.9 Å². The van der Waals surface area contributed by atoms with Crippen molar-refractivity contribution in [1.82, 2.24) is 5.32 Å². The van der Waals surface area contributed by atoms with Gasteiger partial charge in [0.1, 0.15) is 17.9 Å². The van der Waals surface area contributed by atoms with Gasteiger partial charge in [0.2, 0.25) is 0 Å². The molecule has 1 fully saturated rings. The molecule has 0 aliphatic carbocycles. The van der Waals surface area contributed by atoms with Crippen molar-refractivity contribution < 1.29 is 19.1 Å². The fourth-order valence-electron chi connectivity index (χ4n) is 3.28. The second-order valence-electron chi connectivity index (χ2n) is 6.95. The number of carbonyl (C=O) groups excluding carboxylic acids is 3. The van der Waals surface area contributed by atoms with Crippen LogP contribution in [0.2, 0.25) is 0 Å². The fraction of sp³-hybridized carbons (Fsp3) is 0.160. The van der Waals surface area contributed by atoms with E-state index in [0.29, 0.717) is 27.9 Å². The first-order chi connectivity index (χ1) is 15.4. The van der Waals surface area contributed by atoms with E-state index < -0.39 is 17.8 Å². The number of amides is 4. The molecule has 162 valence electrons. The summed E-state index contributed by atoms with van der Waals surface area (Å²) in [6.45, 7) is 5.86. The quantitative estimate of drug-likeness (QED) is 0.268. The summed E-state index contributed by atoms with van der Waals surface area (Å²) in [5.74, 6) is 1.54. The van der Waals surface area contributed by atoms with Gasteiger partial charge in [-0.1, -0.05) is 31.1 Å². The molecule has 1 aliphatic rings. The zero-order valence-electron chi connectivity index (χ0n) is 17.5. The maximum Gasteiger partial charge on any atom is 0.335 e. The number of carbonyl (C=O) groups is 3. The molecule has 1 N–H and O–H groups in total. The number of hydrogen-bond donors (Lipinski definition) is 1. The van der Waals surface area contributed by atoms with Crippen LogP contribution in [0.4, 0.5) is 10.5 Å². The molecule has 0 saturated carbocycles. The standard InChI is InChI=1S/C25H21BrN2O4/c1-4-7-18-13-17(15-21(26)22(18)32-12-5-2)14-20-23(29)27-25(31)28(24(20)30)19-10-8-16(6-3)9-11-19/h2,4,8-11,13-15H,1,6-7,12H2,3H3,(H,27,29,31)/b20-14-. The number of aryl methyl sites for hydroxylation is 1. The Hall–Kier alpha value is -3.63. The number of nitrogens with zero attached hydrogens (tertiary/aromatic N) is 1. The first-order valence-corrected chi connectivity index (χ1v) is 10.7. The van der Waals surface area contributed by atoms with Crippen molar-refractivity contribution in [3.8, 4) is 18.1 Å². The number of barbiturate groups is 1. The number of urea groups is 1. The van der Waals surface area contributed by atoms with Crippen molar-refractivity contribution in [3.63, 3.8) is 0 Å². The van der Waals surface area contributed by atoms with Crippen LogP contribution in [0.3, 0.4) is 0 Å². The molecule has 0 atom stereocenters. The van der Waals surface area contributed by atoms with Gasteiger partial charge in [-0.25, -0.2) is 9.69 Å². The molecule has 4 amide bonds. The molecule has 32 heavy (non-hydrogen) atoms. The van der Waals surface area contributed by atoms with E-state index in [1.165, 1.54) is 6.08 Å². The van der Waals surface area contributed by atoms with E-state index in [4.69, 9.17) is 11.2 Å². The summed E-state index contributed by atoms with van der Waals surface area (Å²) in [4.78, 5) is 38.9. The van der Waals surface area contributed by atoms with Crippen LogP contribution in [0, 0.1) is 12.3 Å². The van der Waals surface area contributed by atoms with E-state index in [0.717, 1.165) is 22.4 Å². The van der Waals surface area contributed by atoms with Gasteiger partial charge in [0.15, 0.2) is 0 Å². The minimum atomic E-state index is -0.784. The normalized spacial score (nSPS) is 14.8. The summed E-state index contributed by atoms with van der Waals surface area (Å²) in [5, 5.41) is 2.24. The molecule has 6 nitrogen and oxygen atoms in total. The van der Waals surface area contributed by atoms with Crippen LogP contribution in [0.25, 0.3) is 6.08 Å². The second kappa shape index (κ2) is 10.1. The van der Waals surface area contributed by atoms with Crippen molar-refractivity contribution in [3.05, 3.63) is 75.8 Å². The molecule has 0 unspecified atom stereocenters. The number of anilines is 1. The Morgan fingerprint density at radius 1 is 1.22 bits per heavy atom. The van der Waals surface area contributed by atoms with Gasteiger partial charge in [-0.05, 0) is 75.8 Å². The van der Waals surface area contributed by atoms with Gasteiger partial charge in [0.05, 0.1) is 10.2 Å². The molecule has 7 heteroatoms. The van der Waals surface area contributed by atoms with Crippen LogP contribution in [-0.2, 0) is 22.4 Å². The van der Waals surface area contributed by atoms with Crippen molar-refractivity contribution in [2.45, 2.75) is 19.8 Å². The largest absolute Gasteiger partial charge is 0.479 e. The topological polar surface area (TPSA) is 75.7 Å². The molecule has 2 aromatic carbocycles. The predicted octanol–water partition coefficient (Wildman–Crippen LogP) is 4.42. The Kier molecular flexibility index (Phi) is 7.29.